The van der Waals surface area contributed by atoms with E-state index in [0.717, 1.165) is 23.8 Å². The lowest BCUT2D eigenvalue weighted by Crippen LogP contribution is -2.24. The molecule has 1 rings (SSSR count). The summed E-state index contributed by atoms with van der Waals surface area (Å²) < 4.78 is 0.846. The van der Waals surface area contributed by atoms with Crippen molar-refractivity contribution in [2.75, 3.05) is 25.0 Å². The van der Waals surface area contributed by atoms with Gasteiger partial charge in [-0.15, -0.1) is 11.3 Å². The lowest BCUT2D eigenvalue weighted by Gasteiger charge is -2.21. The summed E-state index contributed by atoms with van der Waals surface area (Å²) in [7, 11) is 2.09. The first-order chi connectivity index (χ1) is 6.63. The van der Waals surface area contributed by atoms with Gasteiger partial charge in [-0.2, -0.15) is 0 Å². The van der Waals surface area contributed by atoms with Crippen LogP contribution >= 0.6 is 22.9 Å². The van der Waals surface area contributed by atoms with Gasteiger partial charge in [-0.05, 0) is 31.0 Å². The zero-order valence-electron chi connectivity index (χ0n) is 8.66. The van der Waals surface area contributed by atoms with E-state index >= 15 is 0 Å². The fourth-order valence-corrected chi connectivity index (χ4v) is 2.45. The van der Waals surface area contributed by atoms with E-state index in [1.165, 1.54) is 5.00 Å². The zero-order valence-corrected chi connectivity index (χ0v) is 10.2. The molecule has 0 aliphatic carbocycles. The van der Waals surface area contributed by atoms with Crippen molar-refractivity contribution >= 4 is 27.9 Å². The molecule has 1 aromatic heterocycles. The largest absolute Gasteiger partial charge is 0.366 e. The number of anilines is 1. The summed E-state index contributed by atoms with van der Waals surface area (Å²) in [6, 6.07) is 3.99. The van der Waals surface area contributed by atoms with Gasteiger partial charge in [-0.1, -0.05) is 18.5 Å². The predicted octanol–water partition coefficient (Wildman–Crippen LogP) is 2.82. The maximum atomic E-state index is 5.87. The highest BCUT2D eigenvalue weighted by molar-refractivity contribution is 7.19. The summed E-state index contributed by atoms with van der Waals surface area (Å²) in [6.07, 6.45) is 1.07. The van der Waals surface area contributed by atoms with Crippen molar-refractivity contribution in [3.63, 3.8) is 0 Å². The molecule has 0 spiro atoms. The van der Waals surface area contributed by atoms with Gasteiger partial charge < -0.3 is 10.6 Å². The SMILES string of the molecule is CC(CCN)CN(C)c1ccc(Cl)s1. The molecule has 4 heteroatoms. The Labute approximate surface area is 94.7 Å². The number of halogens is 1. The van der Waals surface area contributed by atoms with Gasteiger partial charge in [0.15, 0.2) is 0 Å². The highest BCUT2D eigenvalue weighted by atomic mass is 35.5. The predicted molar refractivity (Wildman–Crippen MR) is 65.4 cm³/mol. The van der Waals surface area contributed by atoms with Crippen LogP contribution in [0.3, 0.4) is 0 Å². The second-order valence-corrected chi connectivity index (χ2v) is 5.33. The molecule has 80 valence electrons. The molecular formula is C10H17ClN2S. The van der Waals surface area contributed by atoms with Crippen LogP contribution in [0.15, 0.2) is 12.1 Å². The van der Waals surface area contributed by atoms with Crippen LogP contribution in [0.4, 0.5) is 5.00 Å². The minimum atomic E-state index is 0.630. The average molecular weight is 233 g/mol. The number of nitrogens with two attached hydrogens (primary N) is 1. The Morgan fingerprint density at radius 1 is 1.57 bits per heavy atom. The normalized spacial score (nSPS) is 12.9. The molecule has 2 N–H and O–H groups in total. The van der Waals surface area contributed by atoms with E-state index in [2.05, 4.69) is 24.9 Å². The van der Waals surface area contributed by atoms with E-state index in [1.807, 2.05) is 6.07 Å². The van der Waals surface area contributed by atoms with Crippen LogP contribution in [0.1, 0.15) is 13.3 Å². The second kappa shape index (κ2) is 5.59. The van der Waals surface area contributed by atoms with Gasteiger partial charge >= 0.3 is 0 Å². The van der Waals surface area contributed by atoms with Crippen molar-refractivity contribution < 1.29 is 0 Å². The third kappa shape index (κ3) is 3.48. The van der Waals surface area contributed by atoms with Gasteiger partial charge in [0.25, 0.3) is 0 Å². The van der Waals surface area contributed by atoms with Gasteiger partial charge in [0, 0.05) is 13.6 Å². The van der Waals surface area contributed by atoms with Gasteiger partial charge in [0.2, 0.25) is 0 Å². The first-order valence-electron chi connectivity index (χ1n) is 4.80. The molecule has 1 unspecified atom stereocenters. The molecule has 0 saturated heterocycles. The molecule has 1 aromatic rings. The van der Waals surface area contributed by atoms with E-state index in [-0.39, 0.29) is 0 Å². The molecule has 1 heterocycles. The highest BCUT2D eigenvalue weighted by Gasteiger charge is 2.08. The molecule has 0 aromatic carbocycles. The Bertz CT molecular complexity index is 275. The second-order valence-electron chi connectivity index (χ2n) is 3.64. The summed E-state index contributed by atoms with van der Waals surface area (Å²) in [5, 5.41) is 1.22. The average Bonchev–Trinajstić information content (AvgIpc) is 2.52. The minimum Gasteiger partial charge on any atom is -0.366 e. The topological polar surface area (TPSA) is 29.3 Å². The van der Waals surface area contributed by atoms with E-state index in [0.29, 0.717) is 5.92 Å². The standard InChI is InChI=1S/C10H17ClN2S/c1-8(5-6-12)7-13(2)10-4-3-9(11)14-10/h3-4,8H,5-7,12H2,1-2H3. The van der Waals surface area contributed by atoms with Crippen molar-refractivity contribution in [3.05, 3.63) is 16.5 Å². The number of thiophene rings is 1. The molecule has 0 fully saturated rings. The summed E-state index contributed by atoms with van der Waals surface area (Å²) >= 11 is 7.49. The number of hydrogen-bond donors (Lipinski definition) is 1. The zero-order chi connectivity index (χ0) is 10.6. The minimum absolute atomic E-state index is 0.630. The summed E-state index contributed by atoms with van der Waals surface area (Å²) in [4.78, 5) is 2.23. The summed E-state index contributed by atoms with van der Waals surface area (Å²) in [6.45, 7) is 4.02. The van der Waals surface area contributed by atoms with Crippen LogP contribution in [0.5, 0.6) is 0 Å². The van der Waals surface area contributed by atoms with Crippen molar-refractivity contribution in [1.29, 1.82) is 0 Å². The maximum absolute atomic E-state index is 5.87. The van der Waals surface area contributed by atoms with Crippen molar-refractivity contribution in [2.45, 2.75) is 13.3 Å². The molecule has 0 aliphatic rings. The number of nitrogens with zero attached hydrogens (tertiary/aromatic N) is 1. The number of hydrogen-bond acceptors (Lipinski definition) is 3. The third-order valence-electron chi connectivity index (χ3n) is 2.18. The Hall–Kier alpha value is -0.250. The first-order valence-corrected chi connectivity index (χ1v) is 5.99. The van der Waals surface area contributed by atoms with Gasteiger partial charge in [-0.3, -0.25) is 0 Å². The summed E-state index contributed by atoms with van der Waals surface area (Å²) in [5.74, 6) is 0.630. The Kier molecular flexibility index (Phi) is 4.72. The van der Waals surface area contributed by atoms with E-state index in [4.69, 9.17) is 17.3 Å². The molecule has 14 heavy (non-hydrogen) atoms. The van der Waals surface area contributed by atoms with E-state index in [1.54, 1.807) is 11.3 Å². The number of rotatable bonds is 5. The van der Waals surface area contributed by atoms with Crippen LogP contribution in [0.25, 0.3) is 0 Å². The molecule has 0 radical (unpaired) electrons. The molecule has 0 saturated carbocycles. The van der Waals surface area contributed by atoms with Gasteiger partial charge in [0.1, 0.15) is 0 Å². The monoisotopic (exact) mass is 232 g/mol. The van der Waals surface area contributed by atoms with Crippen molar-refractivity contribution in [3.8, 4) is 0 Å². The first kappa shape index (κ1) is 11.8. The molecular weight excluding hydrogens is 216 g/mol. The fourth-order valence-electron chi connectivity index (χ4n) is 1.44. The molecule has 0 bridgehead atoms. The van der Waals surface area contributed by atoms with Crippen LogP contribution < -0.4 is 10.6 Å². The lowest BCUT2D eigenvalue weighted by molar-refractivity contribution is 0.541. The van der Waals surface area contributed by atoms with E-state index in [9.17, 15) is 0 Å². The Balaban J connectivity index is 2.45. The fraction of sp³-hybridized carbons (Fsp3) is 0.600. The van der Waals surface area contributed by atoms with Crippen molar-refractivity contribution in [1.82, 2.24) is 0 Å². The summed E-state index contributed by atoms with van der Waals surface area (Å²) in [5.41, 5.74) is 5.51. The molecule has 0 aliphatic heterocycles. The quantitative estimate of drug-likeness (QED) is 0.846. The van der Waals surface area contributed by atoms with Crippen LogP contribution in [-0.4, -0.2) is 20.1 Å². The molecule has 1 atom stereocenters. The van der Waals surface area contributed by atoms with Crippen LogP contribution in [0.2, 0.25) is 4.34 Å². The molecule has 2 nitrogen and oxygen atoms in total. The Morgan fingerprint density at radius 2 is 2.29 bits per heavy atom. The third-order valence-corrected chi connectivity index (χ3v) is 3.53. The maximum Gasteiger partial charge on any atom is 0.0950 e. The van der Waals surface area contributed by atoms with Gasteiger partial charge in [-0.25, -0.2) is 0 Å². The molecule has 0 amide bonds. The lowest BCUT2D eigenvalue weighted by atomic mass is 10.1. The smallest absolute Gasteiger partial charge is 0.0950 e. The van der Waals surface area contributed by atoms with Gasteiger partial charge in [0.05, 0.1) is 9.34 Å². The van der Waals surface area contributed by atoms with E-state index < -0.39 is 0 Å². The highest BCUT2D eigenvalue weighted by Crippen LogP contribution is 2.29. The van der Waals surface area contributed by atoms with Crippen molar-refractivity contribution in [2.24, 2.45) is 11.7 Å². The van der Waals surface area contributed by atoms with Crippen LogP contribution in [-0.2, 0) is 0 Å². The Morgan fingerprint density at radius 3 is 2.79 bits per heavy atom. The van der Waals surface area contributed by atoms with Crippen LogP contribution in [0, 0.1) is 5.92 Å².